The van der Waals surface area contributed by atoms with Gasteiger partial charge in [-0.2, -0.15) is 5.10 Å². The van der Waals surface area contributed by atoms with Crippen molar-refractivity contribution in [2.45, 2.75) is 19.8 Å². The van der Waals surface area contributed by atoms with Gasteiger partial charge in [-0.1, -0.05) is 12.1 Å². The molecule has 1 amide bonds. The molecule has 3 heterocycles. The van der Waals surface area contributed by atoms with Gasteiger partial charge in [0.25, 0.3) is 5.91 Å². The van der Waals surface area contributed by atoms with E-state index in [1.165, 1.54) is 0 Å². The molecule has 4 rings (SSSR count). The van der Waals surface area contributed by atoms with Crippen LogP contribution in [-0.4, -0.2) is 52.2 Å². The predicted molar refractivity (Wildman–Crippen MR) is 91.5 cm³/mol. The van der Waals surface area contributed by atoms with E-state index in [0.29, 0.717) is 5.82 Å². The van der Waals surface area contributed by atoms with Gasteiger partial charge < -0.3 is 10.2 Å². The maximum absolute atomic E-state index is 12.8. The number of aromatic nitrogens is 3. The number of aryl methyl sites for hydroxylation is 1. The molecular formula is C18H23N5O. The number of nitrogens with zero attached hydrogens (tertiary/aromatic N) is 3. The number of fused-ring (bicyclic) bond motifs is 1. The number of nitrogens with one attached hydrogen (secondary N) is 2. The Hall–Kier alpha value is -2.21. The van der Waals surface area contributed by atoms with Crippen LogP contribution in [0.25, 0.3) is 11.4 Å². The van der Waals surface area contributed by atoms with E-state index in [0.717, 1.165) is 67.8 Å². The van der Waals surface area contributed by atoms with Crippen LogP contribution in [0.4, 0.5) is 0 Å². The van der Waals surface area contributed by atoms with Gasteiger partial charge in [-0.25, -0.2) is 4.98 Å². The maximum Gasteiger partial charge on any atom is 0.253 e. The van der Waals surface area contributed by atoms with Crippen LogP contribution in [0.2, 0.25) is 0 Å². The number of carbonyl (C=O) groups is 1. The molecule has 0 radical (unpaired) electrons. The van der Waals surface area contributed by atoms with Gasteiger partial charge in [0.05, 0.1) is 0 Å². The van der Waals surface area contributed by atoms with Crippen LogP contribution >= 0.6 is 0 Å². The highest BCUT2D eigenvalue weighted by Crippen LogP contribution is 2.27. The summed E-state index contributed by atoms with van der Waals surface area (Å²) in [5.74, 6) is 3.07. The average Bonchev–Trinajstić information content (AvgIpc) is 3.19. The second-order valence-corrected chi connectivity index (χ2v) is 6.87. The van der Waals surface area contributed by atoms with Gasteiger partial charge in [-0.05, 0) is 56.8 Å². The van der Waals surface area contributed by atoms with Crippen molar-refractivity contribution in [1.82, 2.24) is 25.4 Å². The number of likely N-dealkylation sites (tertiary alicyclic amines) is 1. The minimum atomic E-state index is 0.139. The highest BCUT2D eigenvalue weighted by molar-refractivity contribution is 5.94. The maximum atomic E-state index is 12.8. The molecule has 2 aliphatic rings. The molecular weight excluding hydrogens is 302 g/mol. The normalized spacial score (nSPS) is 23.8. The Bertz CT molecular complexity index is 709. The topological polar surface area (TPSA) is 73.9 Å². The molecule has 2 saturated heterocycles. The summed E-state index contributed by atoms with van der Waals surface area (Å²) in [6.45, 7) is 5.82. The molecule has 1 aromatic heterocycles. The zero-order valence-electron chi connectivity index (χ0n) is 14.0. The van der Waals surface area contributed by atoms with Crippen LogP contribution in [0.15, 0.2) is 24.3 Å². The molecule has 2 aromatic rings. The van der Waals surface area contributed by atoms with E-state index in [1.54, 1.807) is 0 Å². The number of amides is 1. The van der Waals surface area contributed by atoms with Crippen molar-refractivity contribution in [3.05, 3.63) is 35.7 Å². The van der Waals surface area contributed by atoms with E-state index < -0.39 is 0 Å². The largest absolute Gasteiger partial charge is 0.339 e. The van der Waals surface area contributed by atoms with Crippen molar-refractivity contribution in [2.24, 2.45) is 11.8 Å². The number of benzene rings is 1. The fourth-order valence-electron chi connectivity index (χ4n) is 3.84. The van der Waals surface area contributed by atoms with Crippen molar-refractivity contribution >= 4 is 5.91 Å². The second-order valence-electron chi connectivity index (χ2n) is 6.87. The van der Waals surface area contributed by atoms with Crippen molar-refractivity contribution in [3.63, 3.8) is 0 Å². The lowest BCUT2D eigenvalue weighted by Gasteiger charge is -2.21. The van der Waals surface area contributed by atoms with Crippen LogP contribution in [0.3, 0.4) is 0 Å². The highest BCUT2D eigenvalue weighted by atomic mass is 16.2. The fraction of sp³-hybridized carbons (Fsp3) is 0.500. The molecule has 0 spiro atoms. The number of carbonyl (C=O) groups excluding carboxylic acids is 1. The van der Waals surface area contributed by atoms with E-state index >= 15 is 0 Å². The van der Waals surface area contributed by atoms with E-state index in [4.69, 9.17) is 0 Å². The Morgan fingerprint density at radius 3 is 2.38 bits per heavy atom. The smallest absolute Gasteiger partial charge is 0.253 e. The lowest BCUT2D eigenvalue weighted by atomic mass is 9.92. The Labute approximate surface area is 141 Å². The third-order valence-corrected chi connectivity index (χ3v) is 5.29. The lowest BCUT2D eigenvalue weighted by Crippen LogP contribution is -2.32. The van der Waals surface area contributed by atoms with Crippen LogP contribution < -0.4 is 5.32 Å². The molecule has 6 heteroatoms. The first-order valence-electron chi connectivity index (χ1n) is 8.70. The van der Waals surface area contributed by atoms with Gasteiger partial charge in [0.1, 0.15) is 5.82 Å². The average molecular weight is 325 g/mol. The SMILES string of the molecule is Cc1nc(-c2ccc(C(=O)N3CC[C@@H]4CNC[C@@H]4CC3)cc2)n[nH]1. The Kier molecular flexibility index (Phi) is 4.06. The van der Waals surface area contributed by atoms with Crippen LogP contribution in [0.1, 0.15) is 29.0 Å². The second kappa shape index (κ2) is 6.36. The number of hydrogen-bond acceptors (Lipinski definition) is 4. The van der Waals surface area contributed by atoms with Crippen molar-refractivity contribution in [2.75, 3.05) is 26.2 Å². The van der Waals surface area contributed by atoms with Gasteiger partial charge in [0.15, 0.2) is 5.82 Å². The monoisotopic (exact) mass is 325 g/mol. The van der Waals surface area contributed by atoms with Crippen LogP contribution in [0, 0.1) is 18.8 Å². The van der Waals surface area contributed by atoms with Crippen LogP contribution in [0.5, 0.6) is 0 Å². The van der Waals surface area contributed by atoms with Gasteiger partial charge in [0, 0.05) is 24.2 Å². The van der Waals surface area contributed by atoms with Gasteiger partial charge in [-0.15, -0.1) is 0 Å². The Morgan fingerprint density at radius 1 is 1.12 bits per heavy atom. The fourth-order valence-corrected chi connectivity index (χ4v) is 3.84. The number of rotatable bonds is 2. The minimum absolute atomic E-state index is 0.139. The van der Waals surface area contributed by atoms with Crippen molar-refractivity contribution in [1.29, 1.82) is 0 Å². The summed E-state index contributed by atoms with van der Waals surface area (Å²) >= 11 is 0. The number of hydrogen-bond donors (Lipinski definition) is 2. The summed E-state index contributed by atoms with van der Waals surface area (Å²) in [7, 11) is 0. The van der Waals surface area contributed by atoms with E-state index in [9.17, 15) is 4.79 Å². The molecule has 0 unspecified atom stereocenters. The molecule has 6 nitrogen and oxygen atoms in total. The molecule has 0 saturated carbocycles. The molecule has 2 aliphatic heterocycles. The molecule has 1 aromatic carbocycles. The Morgan fingerprint density at radius 2 is 1.79 bits per heavy atom. The van der Waals surface area contributed by atoms with Gasteiger partial charge >= 0.3 is 0 Å². The van der Waals surface area contributed by atoms with Gasteiger partial charge in [0.2, 0.25) is 0 Å². The first-order chi connectivity index (χ1) is 11.7. The Balaban J connectivity index is 1.46. The molecule has 0 bridgehead atoms. The van der Waals surface area contributed by atoms with Crippen molar-refractivity contribution in [3.8, 4) is 11.4 Å². The summed E-state index contributed by atoms with van der Waals surface area (Å²) in [5.41, 5.74) is 1.67. The van der Waals surface area contributed by atoms with Gasteiger partial charge in [-0.3, -0.25) is 9.89 Å². The molecule has 2 fully saturated rings. The van der Waals surface area contributed by atoms with E-state index in [1.807, 2.05) is 36.1 Å². The van der Waals surface area contributed by atoms with E-state index in [2.05, 4.69) is 20.5 Å². The third-order valence-electron chi connectivity index (χ3n) is 5.29. The van der Waals surface area contributed by atoms with E-state index in [-0.39, 0.29) is 5.91 Å². The molecule has 126 valence electrons. The molecule has 2 N–H and O–H groups in total. The third kappa shape index (κ3) is 2.94. The quantitative estimate of drug-likeness (QED) is 0.884. The number of aromatic amines is 1. The minimum Gasteiger partial charge on any atom is -0.339 e. The van der Waals surface area contributed by atoms with Crippen molar-refractivity contribution < 1.29 is 4.79 Å². The molecule has 2 atom stereocenters. The zero-order valence-corrected chi connectivity index (χ0v) is 14.0. The first-order valence-corrected chi connectivity index (χ1v) is 8.70. The summed E-state index contributed by atoms with van der Waals surface area (Å²) in [5, 5.41) is 10.5. The van der Waals surface area contributed by atoms with Crippen LogP contribution in [-0.2, 0) is 0 Å². The summed E-state index contributed by atoms with van der Waals surface area (Å²) in [6, 6.07) is 7.62. The number of H-pyrrole nitrogens is 1. The summed E-state index contributed by atoms with van der Waals surface area (Å²) in [4.78, 5) is 19.1. The summed E-state index contributed by atoms with van der Waals surface area (Å²) in [6.07, 6.45) is 2.22. The standard InChI is InChI=1S/C18H23N5O/c1-12-20-17(22-21-12)13-2-4-14(5-3-13)18(24)23-8-6-15-10-19-11-16(15)7-9-23/h2-5,15-16,19H,6-11H2,1H3,(H,20,21,22)/t15-,16+. The highest BCUT2D eigenvalue weighted by Gasteiger charge is 2.31. The predicted octanol–water partition coefficient (Wildman–Crippen LogP) is 1.85. The molecule has 24 heavy (non-hydrogen) atoms. The lowest BCUT2D eigenvalue weighted by molar-refractivity contribution is 0.0758. The molecule has 0 aliphatic carbocycles. The first kappa shape index (κ1) is 15.3. The zero-order chi connectivity index (χ0) is 16.5. The summed E-state index contributed by atoms with van der Waals surface area (Å²) < 4.78 is 0.